The molecule has 2 aromatic rings. The van der Waals surface area contributed by atoms with Gasteiger partial charge in [0.15, 0.2) is 0 Å². The van der Waals surface area contributed by atoms with E-state index in [9.17, 15) is 14.4 Å². The molecule has 0 bridgehead atoms. The monoisotopic (exact) mass is 405 g/mol. The Morgan fingerprint density at radius 2 is 2.00 bits per heavy atom. The molecule has 1 fully saturated rings. The summed E-state index contributed by atoms with van der Waals surface area (Å²) in [5.41, 5.74) is -1.73. The number of rotatable bonds is 5. The van der Waals surface area contributed by atoms with Gasteiger partial charge < -0.3 is 10.1 Å². The van der Waals surface area contributed by atoms with Gasteiger partial charge in [-0.25, -0.2) is 9.78 Å². The van der Waals surface area contributed by atoms with E-state index in [0.717, 1.165) is 19.3 Å². The van der Waals surface area contributed by atoms with Gasteiger partial charge in [-0.1, -0.05) is 19.3 Å². The number of hydrogen-bond acceptors (Lipinski definition) is 6. The highest BCUT2D eigenvalue weighted by atomic mass is 32.1. The third-order valence-electron chi connectivity index (χ3n) is 4.91. The molecule has 1 N–H and O–H groups in total. The molecule has 3 rings (SSSR count). The normalized spacial score (nSPS) is 16.7. The summed E-state index contributed by atoms with van der Waals surface area (Å²) in [6.07, 6.45) is 5.52. The minimum Gasteiger partial charge on any atom is -0.458 e. The van der Waals surface area contributed by atoms with Crippen LogP contribution in [0.1, 0.15) is 59.3 Å². The zero-order valence-corrected chi connectivity index (χ0v) is 17.4. The lowest BCUT2D eigenvalue weighted by atomic mass is 9.81. The average molecular weight is 406 g/mol. The first kappa shape index (κ1) is 20.5. The summed E-state index contributed by atoms with van der Waals surface area (Å²) in [6, 6.07) is 1.74. The van der Waals surface area contributed by atoms with Crippen LogP contribution >= 0.6 is 11.3 Å². The van der Waals surface area contributed by atoms with Gasteiger partial charge in [0, 0.05) is 13.0 Å². The number of esters is 1. The Kier molecular flexibility index (Phi) is 5.88. The zero-order valence-electron chi connectivity index (χ0n) is 16.6. The Bertz CT molecular complexity index is 919. The highest BCUT2D eigenvalue weighted by Gasteiger charge is 2.43. The molecule has 0 saturated heterocycles. The van der Waals surface area contributed by atoms with Crippen molar-refractivity contribution in [3.8, 4) is 0 Å². The van der Waals surface area contributed by atoms with Crippen LogP contribution in [0.4, 0.5) is 0 Å². The predicted molar refractivity (Wildman–Crippen MR) is 108 cm³/mol. The number of hydrogen-bond donors (Lipinski definition) is 1. The van der Waals surface area contributed by atoms with Crippen LogP contribution in [0.2, 0.25) is 0 Å². The second kappa shape index (κ2) is 8.03. The summed E-state index contributed by atoms with van der Waals surface area (Å²) in [4.78, 5) is 42.8. The van der Waals surface area contributed by atoms with Gasteiger partial charge in [-0.3, -0.25) is 14.2 Å². The predicted octanol–water partition coefficient (Wildman–Crippen LogP) is 3.01. The standard InChI is InChI=1S/C20H27N3O4S/c1-19(2,3)27-18(26)20(9-5-4-6-10-20)22-15(24)7-11-23-13-21-16-14(17(23)25)8-12-28-16/h8,12-13H,4-7,9-11H2,1-3H3,(H,22,24). The van der Waals surface area contributed by atoms with Crippen molar-refractivity contribution in [2.24, 2.45) is 0 Å². The van der Waals surface area contributed by atoms with Crippen molar-refractivity contribution in [1.82, 2.24) is 14.9 Å². The largest absolute Gasteiger partial charge is 0.458 e. The van der Waals surface area contributed by atoms with Crippen LogP contribution in [0.25, 0.3) is 10.2 Å². The lowest BCUT2D eigenvalue weighted by Gasteiger charge is -2.37. The van der Waals surface area contributed by atoms with E-state index in [1.165, 1.54) is 22.2 Å². The number of nitrogens with one attached hydrogen (secondary N) is 1. The molecule has 1 aliphatic carbocycles. The van der Waals surface area contributed by atoms with Gasteiger partial charge in [-0.05, 0) is 45.1 Å². The maximum atomic E-state index is 12.8. The fraction of sp³-hybridized carbons (Fsp3) is 0.600. The van der Waals surface area contributed by atoms with Crippen LogP contribution in [0.3, 0.4) is 0 Å². The minimum absolute atomic E-state index is 0.0990. The van der Waals surface area contributed by atoms with Gasteiger partial charge in [-0.2, -0.15) is 0 Å². The van der Waals surface area contributed by atoms with Gasteiger partial charge in [0.2, 0.25) is 5.91 Å². The molecule has 8 heteroatoms. The van der Waals surface area contributed by atoms with Crippen molar-refractivity contribution in [3.63, 3.8) is 0 Å². The van der Waals surface area contributed by atoms with E-state index in [0.29, 0.717) is 23.1 Å². The van der Waals surface area contributed by atoms with Crippen LogP contribution in [-0.2, 0) is 20.9 Å². The van der Waals surface area contributed by atoms with Gasteiger partial charge in [-0.15, -0.1) is 11.3 Å². The molecular formula is C20H27N3O4S. The molecule has 1 saturated carbocycles. The minimum atomic E-state index is -0.969. The molecule has 7 nitrogen and oxygen atoms in total. The van der Waals surface area contributed by atoms with E-state index in [1.807, 2.05) is 26.2 Å². The van der Waals surface area contributed by atoms with Crippen molar-refractivity contribution in [1.29, 1.82) is 0 Å². The van der Waals surface area contributed by atoms with E-state index in [1.54, 1.807) is 6.07 Å². The highest BCUT2D eigenvalue weighted by molar-refractivity contribution is 7.16. The lowest BCUT2D eigenvalue weighted by Crippen LogP contribution is -2.57. The lowest BCUT2D eigenvalue weighted by molar-refractivity contribution is -0.166. The maximum absolute atomic E-state index is 12.8. The second-order valence-corrected chi connectivity index (χ2v) is 9.22. The summed E-state index contributed by atoms with van der Waals surface area (Å²) in [6.45, 7) is 5.68. The molecule has 28 heavy (non-hydrogen) atoms. The van der Waals surface area contributed by atoms with Crippen molar-refractivity contribution >= 4 is 33.4 Å². The number of amides is 1. The fourth-order valence-electron chi connectivity index (χ4n) is 3.52. The first-order valence-electron chi connectivity index (χ1n) is 9.67. The van der Waals surface area contributed by atoms with E-state index in [4.69, 9.17) is 4.74 Å². The average Bonchev–Trinajstić information content (AvgIpc) is 3.10. The van der Waals surface area contributed by atoms with Crippen LogP contribution < -0.4 is 10.9 Å². The Morgan fingerprint density at radius 1 is 1.29 bits per heavy atom. The molecule has 0 spiro atoms. The summed E-state index contributed by atoms with van der Waals surface area (Å²) in [5.74, 6) is -0.628. The van der Waals surface area contributed by atoms with Crippen molar-refractivity contribution in [2.75, 3.05) is 0 Å². The number of ether oxygens (including phenoxy) is 1. The number of aromatic nitrogens is 2. The number of nitrogens with zero attached hydrogens (tertiary/aromatic N) is 2. The van der Waals surface area contributed by atoms with E-state index in [2.05, 4.69) is 10.3 Å². The quantitative estimate of drug-likeness (QED) is 0.772. The van der Waals surface area contributed by atoms with Gasteiger partial charge >= 0.3 is 5.97 Å². The van der Waals surface area contributed by atoms with Crippen molar-refractivity contribution in [3.05, 3.63) is 28.1 Å². The Morgan fingerprint density at radius 3 is 2.68 bits per heavy atom. The smallest absolute Gasteiger partial charge is 0.332 e. The van der Waals surface area contributed by atoms with E-state index < -0.39 is 11.1 Å². The molecule has 2 heterocycles. The molecule has 0 unspecified atom stereocenters. The second-order valence-electron chi connectivity index (χ2n) is 8.33. The SMILES string of the molecule is CC(C)(C)OC(=O)C1(NC(=O)CCn2cnc3sccc3c2=O)CCCCC1. The van der Waals surface area contributed by atoms with Crippen LogP contribution in [-0.4, -0.2) is 32.6 Å². The van der Waals surface area contributed by atoms with E-state index >= 15 is 0 Å². The summed E-state index contributed by atoms with van der Waals surface area (Å²) >= 11 is 1.41. The molecule has 1 amide bonds. The van der Waals surface area contributed by atoms with E-state index in [-0.39, 0.29) is 30.4 Å². The molecule has 0 atom stereocenters. The Labute approximate surface area is 168 Å². The number of fused-ring (bicyclic) bond motifs is 1. The first-order chi connectivity index (χ1) is 13.2. The van der Waals surface area contributed by atoms with Crippen LogP contribution in [0, 0.1) is 0 Å². The van der Waals surface area contributed by atoms with Crippen LogP contribution in [0.5, 0.6) is 0 Å². The maximum Gasteiger partial charge on any atom is 0.332 e. The molecule has 0 aromatic carbocycles. The topological polar surface area (TPSA) is 90.3 Å². The molecule has 152 valence electrons. The summed E-state index contributed by atoms with van der Waals surface area (Å²) in [5, 5.41) is 5.31. The Balaban J connectivity index is 1.68. The molecule has 0 aliphatic heterocycles. The van der Waals surface area contributed by atoms with Crippen LogP contribution in [0.15, 0.2) is 22.6 Å². The van der Waals surface area contributed by atoms with Gasteiger partial charge in [0.1, 0.15) is 16.0 Å². The third-order valence-corrected chi connectivity index (χ3v) is 5.73. The molecule has 1 aliphatic rings. The van der Waals surface area contributed by atoms with Gasteiger partial charge in [0.25, 0.3) is 5.56 Å². The number of thiophene rings is 1. The van der Waals surface area contributed by atoms with Crippen molar-refractivity contribution < 1.29 is 14.3 Å². The first-order valence-corrected chi connectivity index (χ1v) is 10.6. The number of carbonyl (C=O) groups is 2. The number of carbonyl (C=O) groups excluding carboxylic acids is 2. The fourth-order valence-corrected chi connectivity index (χ4v) is 4.24. The molecule has 0 radical (unpaired) electrons. The zero-order chi connectivity index (χ0) is 20.4. The number of aryl methyl sites for hydroxylation is 1. The summed E-state index contributed by atoms with van der Waals surface area (Å²) < 4.78 is 7.03. The molecular weight excluding hydrogens is 378 g/mol. The summed E-state index contributed by atoms with van der Waals surface area (Å²) in [7, 11) is 0. The van der Waals surface area contributed by atoms with Gasteiger partial charge in [0.05, 0.1) is 11.7 Å². The third kappa shape index (κ3) is 4.60. The highest BCUT2D eigenvalue weighted by Crippen LogP contribution is 2.31. The molecule has 2 aromatic heterocycles. The van der Waals surface area contributed by atoms with Crippen molar-refractivity contribution in [2.45, 2.75) is 77.0 Å². The Hall–Kier alpha value is -2.22.